The maximum atomic E-state index is 10.0. The van der Waals surface area contributed by atoms with E-state index in [9.17, 15) is 9.90 Å². The van der Waals surface area contributed by atoms with Gasteiger partial charge in [-0.2, -0.15) is 0 Å². The highest BCUT2D eigenvalue weighted by atomic mass is 16.4. The minimum absolute atomic E-state index is 0.245. The summed E-state index contributed by atoms with van der Waals surface area (Å²) < 4.78 is 0. The molecule has 0 saturated heterocycles. The Bertz CT molecular complexity index is 355. The van der Waals surface area contributed by atoms with E-state index in [1.165, 1.54) is 24.3 Å². The Balaban J connectivity index is 2.92. The maximum Gasteiger partial charge on any atom is 0.379 e. The zero-order chi connectivity index (χ0) is 9.84. The second-order valence-electron chi connectivity index (χ2n) is 2.40. The normalized spacial score (nSPS) is 10.5. The van der Waals surface area contributed by atoms with E-state index in [1.807, 2.05) is 0 Å². The fourth-order valence-electron chi connectivity index (χ4n) is 0.808. The Morgan fingerprint density at radius 1 is 1.23 bits per heavy atom. The van der Waals surface area contributed by atoms with E-state index in [0.717, 1.165) is 6.08 Å². The zero-order valence-corrected chi connectivity index (χ0v) is 6.60. The molecule has 0 aliphatic rings. The lowest BCUT2D eigenvalue weighted by Crippen LogP contribution is -1.82. The summed E-state index contributed by atoms with van der Waals surface area (Å²) >= 11 is 0. The smallest absolute Gasteiger partial charge is 0.379 e. The van der Waals surface area contributed by atoms with E-state index >= 15 is 0 Å². The van der Waals surface area contributed by atoms with Crippen LogP contribution in [0.5, 0.6) is 11.5 Å². The van der Waals surface area contributed by atoms with Gasteiger partial charge in [-0.25, -0.2) is 9.90 Å². The maximum absolute atomic E-state index is 10.0. The average Bonchev–Trinajstić information content (AvgIpc) is 2.07. The van der Waals surface area contributed by atoms with Gasteiger partial charge in [0.25, 0.3) is 0 Å². The van der Waals surface area contributed by atoms with Crippen molar-refractivity contribution in [3.8, 4) is 11.5 Å². The second-order valence-corrected chi connectivity index (χ2v) is 2.40. The van der Waals surface area contributed by atoms with Crippen molar-refractivity contribution in [3.63, 3.8) is 0 Å². The van der Waals surface area contributed by atoms with Crippen LogP contribution in [0.15, 0.2) is 24.3 Å². The SMILES string of the molecule is [O]C(=O)C=Cc1ccc(O)c(O)c1. The molecule has 0 saturated carbocycles. The van der Waals surface area contributed by atoms with E-state index in [1.54, 1.807) is 0 Å². The third-order valence-corrected chi connectivity index (χ3v) is 1.41. The van der Waals surface area contributed by atoms with Crippen LogP contribution in [0.3, 0.4) is 0 Å². The van der Waals surface area contributed by atoms with Crippen LogP contribution in [-0.2, 0) is 9.90 Å². The molecule has 0 amide bonds. The number of aromatic hydroxyl groups is 2. The highest BCUT2D eigenvalue weighted by Crippen LogP contribution is 2.25. The van der Waals surface area contributed by atoms with Gasteiger partial charge < -0.3 is 10.2 Å². The van der Waals surface area contributed by atoms with E-state index < -0.39 is 5.97 Å². The minimum Gasteiger partial charge on any atom is -0.504 e. The van der Waals surface area contributed by atoms with Crippen LogP contribution in [0.25, 0.3) is 6.08 Å². The van der Waals surface area contributed by atoms with Crippen LogP contribution in [-0.4, -0.2) is 16.2 Å². The van der Waals surface area contributed by atoms with Crippen molar-refractivity contribution >= 4 is 12.0 Å². The van der Waals surface area contributed by atoms with Gasteiger partial charge in [-0.1, -0.05) is 6.07 Å². The van der Waals surface area contributed by atoms with Gasteiger partial charge >= 0.3 is 5.97 Å². The van der Waals surface area contributed by atoms with Crippen LogP contribution >= 0.6 is 0 Å². The molecule has 0 atom stereocenters. The molecule has 1 radical (unpaired) electrons. The summed E-state index contributed by atoms with van der Waals surface area (Å²) in [5, 5.41) is 28.0. The van der Waals surface area contributed by atoms with Gasteiger partial charge in [-0.3, -0.25) is 0 Å². The summed E-state index contributed by atoms with van der Waals surface area (Å²) in [7, 11) is 0. The van der Waals surface area contributed by atoms with Crippen molar-refractivity contribution in [1.82, 2.24) is 0 Å². The molecular weight excluding hydrogens is 172 g/mol. The molecule has 4 heteroatoms. The van der Waals surface area contributed by atoms with Gasteiger partial charge in [0, 0.05) is 6.08 Å². The van der Waals surface area contributed by atoms with Gasteiger partial charge in [-0.15, -0.1) is 0 Å². The Morgan fingerprint density at radius 3 is 2.46 bits per heavy atom. The largest absolute Gasteiger partial charge is 0.504 e. The molecule has 0 unspecified atom stereocenters. The van der Waals surface area contributed by atoms with Crippen LogP contribution < -0.4 is 0 Å². The van der Waals surface area contributed by atoms with Crippen molar-refractivity contribution in [2.45, 2.75) is 0 Å². The lowest BCUT2D eigenvalue weighted by atomic mass is 10.2. The molecular formula is C9H7O4. The number of carbonyl (C=O) groups excluding carboxylic acids is 1. The first kappa shape index (κ1) is 9.12. The van der Waals surface area contributed by atoms with Gasteiger partial charge in [0.05, 0.1) is 0 Å². The molecule has 0 aliphatic heterocycles. The number of phenols is 2. The van der Waals surface area contributed by atoms with E-state index in [-0.39, 0.29) is 11.5 Å². The van der Waals surface area contributed by atoms with Crippen molar-refractivity contribution in [1.29, 1.82) is 0 Å². The molecule has 2 N–H and O–H groups in total. The molecule has 0 spiro atoms. The van der Waals surface area contributed by atoms with Crippen LogP contribution in [0.2, 0.25) is 0 Å². The second kappa shape index (κ2) is 3.62. The van der Waals surface area contributed by atoms with Gasteiger partial charge in [-0.05, 0) is 23.8 Å². The molecule has 1 rings (SSSR count). The number of hydrogen-bond donors (Lipinski definition) is 2. The predicted octanol–water partition coefficient (Wildman–Crippen LogP) is 1.07. The lowest BCUT2D eigenvalue weighted by molar-refractivity contribution is -0.137. The van der Waals surface area contributed by atoms with Gasteiger partial charge in [0.2, 0.25) is 0 Å². The molecule has 0 heterocycles. The molecule has 1 aromatic carbocycles. The summed E-state index contributed by atoms with van der Waals surface area (Å²) in [6.07, 6.45) is 2.10. The molecule has 1 aromatic rings. The van der Waals surface area contributed by atoms with Crippen molar-refractivity contribution in [3.05, 3.63) is 29.8 Å². The number of benzene rings is 1. The average molecular weight is 179 g/mol. The first-order chi connectivity index (χ1) is 6.09. The number of carbonyl (C=O) groups is 1. The van der Waals surface area contributed by atoms with Crippen LogP contribution in [0.1, 0.15) is 5.56 Å². The van der Waals surface area contributed by atoms with E-state index in [0.29, 0.717) is 5.56 Å². The molecule has 4 nitrogen and oxygen atoms in total. The molecule has 0 bridgehead atoms. The monoisotopic (exact) mass is 179 g/mol. The Hall–Kier alpha value is -1.97. The third-order valence-electron chi connectivity index (χ3n) is 1.41. The topological polar surface area (TPSA) is 77.4 Å². The Morgan fingerprint density at radius 2 is 1.92 bits per heavy atom. The number of rotatable bonds is 2. The van der Waals surface area contributed by atoms with Crippen LogP contribution in [0.4, 0.5) is 0 Å². The van der Waals surface area contributed by atoms with Gasteiger partial charge in [0.1, 0.15) is 0 Å². The number of phenolic OH excluding ortho intramolecular Hbond substituents is 2. The van der Waals surface area contributed by atoms with Crippen molar-refractivity contribution in [2.75, 3.05) is 0 Å². The Labute approximate surface area is 74.4 Å². The predicted molar refractivity (Wildman–Crippen MR) is 44.5 cm³/mol. The van der Waals surface area contributed by atoms with E-state index in [4.69, 9.17) is 10.2 Å². The molecule has 0 aliphatic carbocycles. The van der Waals surface area contributed by atoms with E-state index in [2.05, 4.69) is 0 Å². The standard InChI is InChI=1S/C9H7O4/c10-7-3-1-6(5-8(7)11)2-4-9(12)13/h1-5,10-11H. The van der Waals surface area contributed by atoms with Crippen molar-refractivity contribution in [2.24, 2.45) is 0 Å². The minimum atomic E-state index is -1.31. The first-order valence-electron chi connectivity index (χ1n) is 3.50. The molecule has 0 aromatic heterocycles. The fourth-order valence-corrected chi connectivity index (χ4v) is 0.808. The molecule has 13 heavy (non-hydrogen) atoms. The summed E-state index contributed by atoms with van der Waals surface area (Å²) in [5.74, 6) is -1.85. The lowest BCUT2D eigenvalue weighted by Gasteiger charge is -1.97. The summed E-state index contributed by atoms with van der Waals surface area (Å²) in [4.78, 5) is 10.0. The highest BCUT2D eigenvalue weighted by molar-refractivity contribution is 5.85. The Kier molecular flexibility index (Phi) is 2.54. The van der Waals surface area contributed by atoms with Crippen LogP contribution in [0, 0.1) is 0 Å². The van der Waals surface area contributed by atoms with Gasteiger partial charge in [0.15, 0.2) is 11.5 Å². The first-order valence-corrected chi connectivity index (χ1v) is 3.50. The molecule has 67 valence electrons. The third kappa shape index (κ3) is 2.52. The zero-order valence-electron chi connectivity index (χ0n) is 6.60. The highest BCUT2D eigenvalue weighted by Gasteiger charge is 1.98. The summed E-state index contributed by atoms with van der Waals surface area (Å²) in [5.41, 5.74) is 0.472. The van der Waals surface area contributed by atoms with Crippen molar-refractivity contribution < 1.29 is 20.1 Å². The molecule has 0 fully saturated rings. The number of hydrogen-bond acceptors (Lipinski definition) is 3. The summed E-state index contributed by atoms with van der Waals surface area (Å²) in [6.45, 7) is 0. The fraction of sp³-hybridized carbons (Fsp3) is 0. The quantitative estimate of drug-likeness (QED) is 0.526. The summed E-state index contributed by atoms with van der Waals surface area (Å²) in [6, 6.07) is 3.98.